The molecule has 1 N–H and O–H groups in total. The molecule has 0 radical (unpaired) electrons. The van der Waals surface area contributed by atoms with Gasteiger partial charge in [-0.25, -0.2) is 8.42 Å². The van der Waals surface area contributed by atoms with E-state index in [2.05, 4.69) is 31.3 Å². The molecule has 7 heteroatoms. The van der Waals surface area contributed by atoms with Crippen LogP contribution in [0.25, 0.3) is 0 Å². The zero-order chi connectivity index (χ0) is 22.1. The van der Waals surface area contributed by atoms with Gasteiger partial charge in [0.05, 0.1) is 16.9 Å². The minimum atomic E-state index is -3.65. The van der Waals surface area contributed by atoms with Crippen molar-refractivity contribution in [1.82, 2.24) is 9.62 Å². The molecule has 3 rings (SSSR count). The average Bonchev–Trinajstić information content (AvgIpc) is 2.71. The van der Waals surface area contributed by atoms with Crippen molar-refractivity contribution in [2.45, 2.75) is 51.5 Å². The minimum absolute atomic E-state index is 0.101. The van der Waals surface area contributed by atoms with Gasteiger partial charge in [-0.2, -0.15) is 4.31 Å². The van der Waals surface area contributed by atoms with Gasteiger partial charge < -0.3 is 5.32 Å². The summed E-state index contributed by atoms with van der Waals surface area (Å²) in [6.07, 6.45) is 1.33. The molecular weight excluding hydrogens is 420 g/mol. The summed E-state index contributed by atoms with van der Waals surface area (Å²) in [5.74, 6) is -0.466. The molecule has 1 amide bonds. The number of nitrogens with one attached hydrogen (secondary N) is 1. The summed E-state index contributed by atoms with van der Waals surface area (Å²) < 4.78 is 27.4. The van der Waals surface area contributed by atoms with Gasteiger partial charge in [-0.1, -0.05) is 23.7 Å². The van der Waals surface area contributed by atoms with E-state index in [9.17, 15) is 13.2 Å². The number of carbonyl (C=O) groups is 1. The van der Waals surface area contributed by atoms with Crippen molar-refractivity contribution < 1.29 is 13.2 Å². The first kappa shape index (κ1) is 22.8. The number of hydrogen-bond acceptors (Lipinski definition) is 3. The molecule has 0 aliphatic carbocycles. The van der Waals surface area contributed by atoms with Crippen LogP contribution >= 0.6 is 11.6 Å². The third-order valence-corrected chi connectivity index (χ3v) is 8.05. The first-order chi connectivity index (χ1) is 14.1. The second-order valence-corrected chi connectivity index (χ2v) is 10.6. The van der Waals surface area contributed by atoms with E-state index in [1.807, 2.05) is 13.8 Å². The Morgan fingerprint density at radius 1 is 1.10 bits per heavy atom. The molecule has 0 bridgehead atoms. The fraction of sp³-hybridized carbons (Fsp3) is 0.435. The van der Waals surface area contributed by atoms with Crippen molar-refractivity contribution in [3.05, 3.63) is 63.7 Å². The summed E-state index contributed by atoms with van der Waals surface area (Å²) in [6, 6.07) is 10.3. The van der Waals surface area contributed by atoms with Gasteiger partial charge in [0.1, 0.15) is 0 Å². The molecule has 1 aliphatic rings. The standard InChI is InChI=1S/C23H29ClN2O3S/c1-15-12-17(3)22(13-16(15)2)18(4)25-23(27)19-6-5-11-26(14-19)30(28,29)21-9-7-20(24)8-10-21/h7-10,12-13,18-19H,5-6,11,14H2,1-4H3,(H,25,27)/t18-,19+/m0/s1. The minimum Gasteiger partial charge on any atom is -0.349 e. The van der Waals surface area contributed by atoms with E-state index in [1.165, 1.54) is 27.6 Å². The molecule has 2 aromatic rings. The lowest BCUT2D eigenvalue weighted by Crippen LogP contribution is -2.45. The molecule has 1 saturated heterocycles. The van der Waals surface area contributed by atoms with E-state index in [-0.39, 0.29) is 29.3 Å². The highest BCUT2D eigenvalue weighted by Gasteiger charge is 2.33. The zero-order valence-electron chi connectivity index (χ0n) is 17.9. The Morgan fingerprint density at radius 3 is 2.40 bits per heavy atom. The van der Waals surface area contributed by atoms with Crippen LogP contribution in [0.1, 0.15) is 48.1 Å². The summed E-state index contributed by atoms with van der Waals surface area (Å²) in [5, 5.41) is 3.58. The van der Waals surface area contributed by atoms with Crippen LogP contribution in [0, 0.1) is 26.7 Å². The quantitative estimate of drug-likeness (QED) is 0.729. The molecule has 2 aromatic carbocycles. The second kappa shape index (κ2) is 9.08. The van der Waals surface area contributed by atoms with E-state index in [0.717, 1.165) is 11.1 Å². The van der Waals surface area contributed by atoms with E-state index in [0.29, 0.717) is 24.4 Å². The Bertz CT molecular complexity index is 1040. The van der Waals surface area contributed by atoms with Gasteiger partial charge in [-0.05, 0) is 87.1 Å². The number of sulfonamides is 1. The molecular formula is C23H29ClN2O3S. The third-order valence-electron chi connectivity index (χ3n) is 5.91. The lowest BCUT2D eigenvalue weighted by molar-refractivity contribution is -0.126. The number of halogens is 1. The van der Waals surface area contributed by atoms with Gasteiger partial charge in [-0.15, -0.1) is 0 Å². The topological polar surface area (TPSA) is 66.5 Å². The van der Waals surface area contributed by atoms with Crippen LogP contribution in [0.2, 0.25) is 5.02 Å². The van der Waals surface area contributed by atoms with Crippen LogP contribution in [-0.2, 0) is 14.8 Å². The third kappa shape index (κ3) is 4.88. The number of hydrogen-bond donors (Lipinski definition) is 1. The number of carbonyl (C=O) groups excluding carboxylic acids is 1. The van der Waals surface area contributed by atoms with Crippen LogP contribution in [0.5, 0.6) is 0 Å². The van der Waals surface area contributed by atoms with Gasteiger partial charge >= 0.3 is 0 Å². The molecule has 30 heavy (non-hydrogen) atoms. The van der Waals surface area contributed by atoms with Crippen molar-refractivity contribution in [3.63, 3.8) is 0 Å². The van der Waals surface area contributed by atoms with Crippen molar-refractivity contribution in [1.29, 1.82) is 0 Å². The van der Waals surface area contributed by atoms with Crippen LogP contribution < -0.4 is 5.32 Å². The summed E-state index contributed by atoms with van der Waals surface area (Å²) in [7, 11) is -3.65. The molecule has 0 aromatic heterocycles. The summed E-state index contributed by atoms with van der Waals surface area (Å²) in [5.41, 5.74) is 4.65. The molecule has 1 fully saturated rings. The highest BCUT2D eigenvalue weighted by molar-refractivity contribution is 7.89. The summed E-state index contributed by atoms with van der Waals surface area (Å²) in [6.45, 7) is 8.77. The summed E-state index contributed by atoms with van der Waals surface area (Å²) in [4.78, 5) is 13.1. The number of nitrogens with zero attached hydrogens (tertiary/aromatic N) is 1. The Labute approximate surface area is 184 Å². The molecule has 1 heterocycles. The van der Waals surface area contributed by atoms with Crippen molar-refractivity contribution in [3.8, 4) is 0 Å². The lowest BCUT2D eigenvalue weighted by atomic mass is 9.95. The van der Waals surface area contributed by atoms with E-state index >= 15 is 0 Å². The van der Waals surface area contributed by atoms with Crippen LogP contribution in [0.15, 0.2) is 41.3 Å². The number of amides is 1. The van der Waals surface area contributed by atoms with Gasteiger partial charge in [0.2, 0.25) is 15.9 Å². The van der Waals surface area contributed by atoms with Crippen molar-refractivity contribution in [2.24, 2.45) is 5.92 Å². The molecule has 162 valence electrons. The molecule has 5 nitrogen and oxygen atoms in total. The fourth-order valence-corrected chi connectivity index (χ4v) is 5.64. The summed E-state index contributed by atoms with van der Waals surface area (Å²) >= 11 is 5.88. The highest BCUT2D eigenvalue weighted by atomic mass is 35.5. The lowest BCUT2D eigenvalue weighted by Gasteiger charge is -2.32. The van der Waals surface area contributed by atoms with Gasteiger partial charge in [0.25, 0.3) is 0 Å². The number of piperidine rings is 1. The predicted molar refractivity (Wildman–Crippen MR) is 120 cm³/mol. The average molecular weight is 449 g/mol. The maximum absolute atomic E-state index is 13.0. The Hall–Kier alpha value is -1.89. The highest BCUT2D eigenvalue weighted by Crippen LogP contribution is 2.26. The van der Waals surface area contributed by atoms with Crippen LogP contribution in [0.4, 0.5) is 0 Å². The zero-order valence-corrected chi connectivity index (χ0v) is 19.5. The van der Waals surface area contributed by atoms with Crippen LogP contribution in [-0.4, -0.2) is 31.7 Å². The normalized spacial score (nSPS) is 18.8. The number of aryl methyl sites for hydroxylation is 3. The first-order valence-electron chi connectivity index (χ1n) is 10.2. The number of rotatable bonds is 5. The van der Waals surface area contributed by atoms with Crippen molar-refractivity contribution in [2.75, 3.05) is 13.1 Å². The molecule has 0 unspecified atom stereocenters. The fourth-order valence-electron chi connectivity index (χ4n) is 3.99. The van der Waals surface area contributed by atoms with Crippen molar-refractivity contribution >= 4 is 27.5 Å². The van der Waals surface area contributed by atoms with E-state index < -0.39 is 10.0 Å². The maximum atomic E-state index is 13.0. The molecule has 2 atom stereocenters. The predicted octanol–water partition coefficient (Wildman–Crippen LogP) is 4.54. The Morgan fingerprint density at radius 2 is 1.73 bits per heavy atom. The Balaban J connectivity index is 1.71. The van der Waals surface area contributed by atoms with Gasteiger partial charge in [0.15, 0.2) is 0 Å². The Kier molecular flexibility index (Phi) is 6.90. The van der Waals surface area contributed by atoms with Gasteiger partial charge in [0, 0.05) is 18.1 Å². The molecule has 0 saturated carbocycles. The van der Waals surface area contributed by atoms with E-state index in [4.69, 9.17) is 11.6 Å². The van der Waals surface area contributed by atoms with E-state index in [1.54, 1.807) is 12.1 Å². The molecule has 1 aliphatic heterocycles. The first-order valence-corrected chi connectivity index (χ1v) is 12.0. The second-order valence-electron chi connectivity index (χ2n) is 8.18. The SMILES string of the molecule is Cc1cc(C)c([C@H](C)NC(=O)[C@@H]2CCCN(S(=O)(=O)c3ccc(Cl)cc3)C2)cc1C. The molecule has 0 spiro atoms. The smallest absolute Gasteiger partial charge is 0.243 e. The largest absolute Gasteiger partial charge is 0.349 e. The van der Waals surface area contributed by atoms with Gasteiger partial charge in [-0.3, -0.25) is 4.79 Å². The number of benzene rings is 2. The van der Waals surface area contributed by atoms with Crippen LogP contribution in [0.3, 0.4) is 0 Å². The maximum Gasteiger partial charge on any atom is 0.243 e. The monoisotopic (exact) mass is 448 g/mol.